The molecule has 2 heterocycles. The van der Waals surface area contributed by atoms with Gasteiger partial charge in [0.2, 0.25) is 5.13 Å². The Balaban J connectivity index is 1.80. The number of hydrogen-bond donors (Lipinski definition) is 1. The number of piperazine rings is 1. The van der Waals surface area contributed by atoms with Crippen molar-refractivity contribution in [3.05, 3.63) is 5.82 Å². The molecule has 0 unspecified atom stereocenters. The Hall–Kier alpha value is -0.720. The van der Waals surface area contributed by atoms with Gasteiger partial charge in [-0.1, -0.05) is 13.8 Å². The van der Waals surface area contributed by atoms with Gasteiger partial charge >= 0.3 is 0 Å². The minimum Gasteiger partial charge on any atom is -0.355 e. The van der Waals surface area contributed by atoms with Gasteiger partial charge < -0.3 is 15.1 Å². The topological polar surface area (TPSA) is 44.3 Å². The molecule has 0 radical (unpaired) electrons. The third-order valence-corrected chi connectivity index (χ3v) is 4.70. The van der Waals surface area contributed by atoms with E-state index in [4.69, 9.17) is 0 Å². The molecule has 120 valence electrons. The van der Waals surface area contributed by atoms with Crippen molar-refractivity contribution in [3.63, 3.8) is 0 Å². The Kier molecular flexibility index (Phi) is 5.57. The summed E-state index contributed by atoms with van der Waals surface area (Å²) in [6.45, 7) is 14.6. The van der Waals surface area contributed by atoms with Gasteiger partial charge in [-0.2, -0.15) is 4.37 Å². The van der Waals surface area contributed by atoms with Crippen LogP contribution in [-0.2, 0) is 0 Å². The summed E-state index contributed by atoms with van der Waals surface area (Å²) in [5.74, 6) is 1.34. The number of hydrogen-bond acceptors (Lipinski definition) is 6. The zero-order valence-corrected chi connectivity index (χ0v) is 14.8. The molecule has 0 saturated carbocycles. The first-order chi connectivity index (χ1) is 9.85. The summed E-state index contributed by atoms with van der Waals surface area (Å²) >= 11 is 1.47. The molecule has 5 nitrogen and oxygen atoms in total. The molecule has 1 aromatic heterocycles. The fraction of sp³-hybridized carbons (Fsp3) is 0.867. The largest absolute Gasteiger partial charge is 0.355 e. The first kappa shape index (κ1) is 16.6. The second kappa shape index (κ2) is 7.03. The van der Waals surface area contributed by atoms with Gasteiger partial charge in [-0.25, -0.2) is 4.98 Å². The average Bonchev–Trinajstić information content (AvgIpc) is 2.86. The Morgan fingerprint density at radius 1 is 1.24 bits per heavy atom. The Morgan fingerprint density at radius 3 is 2.48 bits per heavy atom. The van der Waals surface area contributed by atoms with Crippen LogP contribution in [0.25, 0.3) is 0 Å². The molecular formula is C15H29N5S. The van der Waals surface area contributed by atoms with Crippen molar-refractivity contribution in [1.29, 1.82) is 0 Å². The molecule has 1 N–H and O–H groups in total. The van der Waals surface area contributed by atoms with Crippen molar-refractivity contribution in [1.82, 2.24) is 19.2 Å². The predicted octanol–water partition coefficient (Wildman–Crippen LogP) is 2.49. The van der Waals surface area contributed by atoms with Crippen LogP contribution in [0.5, 0.6) is 0 Å². The zero-order chi connectivity index (χ0) is 15.5. The lowest BCUT2D eigenvalue weighted by atomic mass is 10.0. The van der Waals surface area contributed by atoms with Gasteiger partial charge in [0.05, 0.1) is 0 Å². The molecule has 0 bridgehead atoms. The summed E-state index contributed by atoms with van der Waals surface area (Å²) in [6.07, 6.45) is 1.12. The molecule has 0 amide bonds. The van der Waals surface area contributed by atoms with Gasteiger partial charge in [-0.3, -0.25) is 0 Å². The van der Waals surface area contributed by atoms with Gasteiger partial charge in [0.25, 0.3) is 0 Å². The lowest BCUT2D eigenvalue weighted by Gasteiger charge is -2.35. The molecule has 0 atom stereocenters. The van der Waals surface area contributed by atoms with Crippen molar-refractivity contribution in [3.8, 4) is 0 Å². The van der Waals surface area contributed by atoms with Crippen LogP contribution in [0.1, 0.15) is 45.9 Å². The van der Waals surface area contributed by atoms with Crippen molar-refractivity contribution in [2.45, 2.75) is 45.6 Å². The molecule has 1 saturated heterocycles. The standard InChI is InChI=1S/C15H29N5S/c1-12(2)13-16-14(21-18-13)17-15(3,4)6-7-20-10-8-19(5)9-11-20/h12H,6-11H2,1-5H3,(H,16,17,18). The van der Waals surface area contributed by atoms with Crippen LogP contribution >= 0.6 is 11.5 Å². The summed E-state index contributed by atoms with van der Waals surface area (Å²) < 4.78 is 4.41. The molecular weight excluding hydrogens is 282 g/mol. The van der Waals surface area contributed by atoms with Crippen LogP contribution < -0.4 is 5.32 Å². The molecule has 0 aromatic carbocycles. The maximum absolute atomic E-state index is 4.58. The monoisotopic (exact) mass is 311 g/mol. The molecule has 1 aliphatic rings. The maximum atomic E-state index is 4.58. The van der Waals surface area contributed by atoms with Crippen molar-refractivity contribution in [2.24, 2.45) is 0 Å². The second-order valence-electron chi connectivity index (χ2n) is 7.02. The molecule has 1 fully saturated rings. The first-order valence-corrected chi connectivity index (χ1v) is 8.66. The number of likely N-dealkylation sites (N-methyl/N-ethyl adjacent to an activating group) is 1. The average molecular weight is 311 g/mol. The van der Waals surface area contributed by atoms with E-state index in [1.807, 2.05) is 0 Å². The molecule has 6 heteroatoms. The number of nitrogens with zero attached hydrogens (tertiary/aromatic N) is 4. The van der Waals surface area contributed by atoms with Crippen molar-refractivity contribution in [2.75, 3.05) is 45.1 Å². The third-order valence-electron chi connectivity index (χ3n) is 4.05. The van der Waals surface area contributed by atoms with Gasteiger partial charge in [0.15, 0.2) is 0 Å². The van der Waals surface area contributed by atoms with Crippen LogP contribution in [0.2, 0.25) is 0 Å². The summed E-state index contributed by atoms with van der Waals surface area (Å²) in [5, 5.41) is 4.50. The quantitative estimate of drug-likeness (QED) is 0.874. The van der Waals surface area contributed by atoms with Gasteiger partial charge in [0.1, 0.15) is 5.82 Å². The lowest BCUT2D eigenvalue weighted by Crippen LogP contribution is -2.46. The molecule has 0 aliphatic carbocycles. The number of aromatic nitrogens is 2. The van der Waals surface area contributed by atoms with Gasteiger partial charge in [-0.15, -0.1) is 0 Å². The highest BCUT2D eigenvalue weighted by atomic mass is 32.1. The van der Waals surface area contributed by atoms with E-state index in [-0.39, 0.29) is 5.54 Å². The van der Waals surface area contributed by atoms with Crippen LogP contribution in [0.4, 0.5) is 5.13 Å². The highest BCUT2D eigenvalue weighted by molar-refractivity contribution is 7.09. The zero-order valence-electron chi connectivity index (χ0n) is 14.0. The van der Waals surface area contributed by atoms with E-state index in [0.717, 1.165) is 23.9 Å². The van der Waals surface area contributed by atoms with Crippen molar-refractivity contribution >= 4 is 16.7 Å². The smallest absolute Gasteiger partial charge is 0.202 e. The Labute approximate surface area is 132 Å². The summed E-state index contributed by atoms with van der Waals surface area (Å²) in [4.78, 5) is 9.53. The summed E-state index contributed by atoms with van der Waals surface area (Å²) in [6, 6.07) is 0. The van der Waals surface area contributed by atoms with Crippen molar-refractivity contribution < 1.29 is 0 Å². The number of rotatable bonds is 6. The SMILES string of the molecule is CC(C)c1nsc(NC(C)(C)CCN2CCN(C)CC2)n1. The molecule has 1 aliphatic heterocycles. The van der Waals surface area contributed by atoms with E-state index >= 15 is 0 Å². The Morgan fingerprint density at radius 2 is 1.90 bits per heavy atom. The van der Waals surface area contributed by atoms with Crippen LogP contribution in [0.15, 0.2) is 0 Å². The van der Waals surface area contributed by atoms with Crippen LogP contribution in [0.3, 0.4) is 0 Å². The summed E-state index contributed by atoms with van der Waals surface area (Å²) in [7, 11) is 2.20. The van der Waals surface area contributed by atoms with E-state index in [2.05, 4.69) is 59.2 Å². The highest BCUT2D eigenvalue weighted by Gasteiger charge is 2.22. The maximum Gasteiger partial charge on any atom is 0.202 e. The van der Waals surface area contributed by atoms with E-state index in [1.165, 1.54) is 37.7 Å². The number of anilines is 1. The summed E-state index contributed by atoms with van der Waals surface area (Å²) in [5.41, 5.74) is 0.0527. The van der Waals surface area contributed by atoms with Gasteiger partial charge in [0, 0.05) is 55.7 Å². The minimum atomic E-state index is 0.0527. The molecule has 1 aromatic rings. The van der Waals surface area contributed by atoms with E-state index in [0.29, 0.717) is 5.92 Å². The second-order valence-corrected chi connectivity index (χ2v) is 7.77. The van der Waals surface area contributed by atoms with E-state index in [9.17, 15) is 0 Å². The van der Waals surface area contributed by atoms with Crippen LogP contribution in [-0.4, -0.2) is 64.5 Å². The first-order valence-electron chi connectivity index (χ1n) is 7.88. The normalized spacial score (nSPS) is 18.4. The third kappa shape index (κ3) is 5.20. The Bertz CT molecular complexity index is 435. The fourth-order valence-corrected chi connectivity index (χ4v) is 3.27. The van der Waals surface area contributed by atoms with Crippen LogP contribution in [0, 0.1) is 0 Å². The predicted molar refractivity (Wildman–Crippen MR) is 90.3 cm³/mol. The lowest BCUT2D eigenvalue weighted by molar-refractivity contribution is 0.147. The molecule has 21 heavy (non-hydrogen) atoms. The molecule has 0 spiro atoms. The number of nitrogens with one attached hydrogen (secondary N) is 1. The van der Waals surface area contributed by atoms with E-state index in [1.54, 1.807) is 0 Å². The minimum absolute atomic E-state index is 0.0527. The van der Waals surface area contributed by atoms with Gasteiger partial charge in [-0.05, 0) is 27.3 Å². The highest BCUT2D eigenvalue weighted by Crippen LogP contribution is 2.23. The van der Waals surface area contributed by atoms with E-state index < -0.39 is 0 Å². The molecule has 2 rings (SSSR count). The fourth-order valence-electron chi connectivity index (χ4n) is 2.38.